The summed E-state index contributed by atoms with van der Waals surface area (Å²) in [5, 5.41) is 0. The van der Waals surface area contributed by atoms with Gasteiger partial charge in [0.05, 0.1) is 4.90 Å². The Kier molecular flexibility index (Phi) is 6.98. The maximum Gasteiger partial charge on any atom is 0.243 e. The molecular formula is C14H24N2O3S. The van der Waals surface area contributed by atoms with E-state index >= 15 is 0 Å². The van der Waals surface area contributed by atoms with Crippen molar-refractivity contribution < 1.29 is 13.2 Å². The molecule has 0 aromatic heterocycles. The molecule has 0 aliphatic rings. The van der Waals surface area contributed by atoms with E-state index in [0.717, 1.165) is 12.8 Å². The Labute approximate surface area is 121 Å². The minimum absolute atomic E-state index is 0.301. The fraction of sp³-hybridized carbons (Fsp3) is 0.571. The van der Waals surface area contributed by atoms with E-state index in [2.05, 4.69) is 0 Å². The number of unbranched alkanes of at least 4 members (excludes halogenated alkanes) is 1. The molecule has 0 saturated carbocycles. The number of benzene rings is 1. The molecule has 0 aliphatic carbocycles. The Bertz CT molecular complexity index is 486. The van der Waals surface area contributed by atoms with Gasteiger partial charge in [0.1, 0.15) is 12.4 Å². The molecule has 0 aliphatic heterocycles. The maximum atomic E-state index is 12.5. The lowest BCUT2D eigenvalue weighted by molar-refractivity contribution is 0.328. The van der Waals surface area contributed by atoms with Gasteiger partial charge in [0.2, 0.25) is 10.0 Å². The summed E-state index contributed by atoms with van der Waals surface area (Å²) in [7, 11) is -3.41. The van der Waals surface area contributed by atoms with E-state index < -0.39 is 10.0 Å². The standard InChI is InChI=1S/C14H24N2O3S/c1-3-5-11-16(4-2)20(17,18)14-8-6-13(7-9-14)19-12-10-15/h6-9H,3-5,10-12,15H2,1-2H3. The highest BCUT2D eigenvalue weighted by atomic mass is 32.2. The topological polar surface area (TPSA) is 72.6 Å². The van der Waals surface area contributed by atoms with Crippen LogP contribution in [0.3, 0.4) is 0 Å². The zero-order valence-corrected chi connectivity index (χ0v) is 13.0. The highest BCUT2D eigenvalue weighted by Crippen LogP contribution is 2.19. The quantitative estimate of drug-likeness (QED) is 0.755. The zero-order chi connectivity index (χ0) is 15.0. The van der Waals surface area contributed by atoms with Crippen LogP contribution in [-0.2, 0) is 10.0 Å². The molecule has 0 atom stereocenters. The van der Waals surface area contributed by atoms with Gasteiger partial charge in [0, 0.05) is 19.6 Å². The number of hydrogen-bond donors (Lipinski definition) is 1. The van der Waals surface area contributed by atoms with Gasteiger partial charge in [0.15, 0.2) is 0 Å². The Morgan fingerprint density at radius 1 is 1.20 bits per heavy atom. The highest BCUT2D eigenvalue weighted by molar-refractivity contribution is 7.89. The third-order valence-electron chi connectivity index (χ3n) is 2.96. The van der Waals surface area contributed by atoms with E-state index in [9.17, 15) is 8.42 Å². The van der Waals surface area contributed by atoms with Crippen molar-refractivity contribution in [3.63, 3.8) is 0 Å². The van der Waals surface area contributed by atoms with Gasteiger partial charge in [-0.15, -0.1) is 0 Å². The molecule has 20 heavy (non-hydrogen) atoms. The van der Waals surface area contributed by atoms with Gasteiger partial charge in [-0.25, -0.2) is 8.42 Å². The lowest BCUT2D eigenvalue weighted by Gasteiger charge is -2.20. The first-order valence-electron chi connectivity index (χ1n) is 6.99. The molecule has 2 N–H and O–H groups in total. The van der Waals surface area contributed by atoms with Crippen LogP contribution in [0.15, 0.2) is 29.2 Å². The Morgan fingerprint density at radius 3 is 2.35 bits per heavy atom. The van der Waals surface area contributed by atoms with Crippen molar-refractivity contribution in [1.29, 1.82) is 0 Å². The zero-order valence-electron chi connectivity index (χ0n) is 12.2. The van der Waals surface area contributed by atoms with E-state index in [0.29, 0.717) is 36.9 Å². The van der Waals surface area contributed by atoms with Crippen LogP contribution in [0.5, 0.6) is 5.75 Å². The summed E-state index contributed by atoms with van der Waals surface area (Å²) >= 11 is 0. The average Bonchev–Trinajstić information content (AvgIpc) is 2.46. The fourth-order valence-electron chi connectivity index (χ4n) is 1.82. The molecule has 5 nitrogen and oxygen atoms in total. The van der Waals surface area contributed by atoms with E-state index in [1.54, 1.807) is 24.3 Å². The van der Waals surface area contributed by atoms with Gasteiger partial charge in [0.25, 0.3) is 0 Å². The Morgan fingerprint density at radius 2 is 1.85 bits per heavy atom. The number of nitrogens with two attached hydrogens (primary N) is 1. The van der Waals surface area contributed by atoms with E-state index in [1.165, 1.54) is 4.31 Å². The first-order chi connectivity index (χ1) is 9.56. The SMILES string of the molecule is CCCCN(CC)S(=O)(=O)c1ccc(OCCN)cc1. The smallest absolute Gasteiger partial charge is 0.243 e. The predicted molar refractivity (Wildman–Crippen MR) is 80.3 cm³/mol. The van der Waals surface area contributed by atoms with E-state index in [-0.39, 0.29) is 0 Å². The molecule has 6 heteroatoms. The van der Waals surface area contributed by atoms with Crippen molar-refractivity contribution in [1.82, 2.24) is 4.31 Å². The molecule has 1 rings (SSSR count). The minimum atomic E-state index is -3.41. The molecule has 0 saturated heterocycles. The fourth-order valence-corrected chi connectivity index (χ4v) is 3.30. The van der Waals surface area contributed by atoms with Crippen molar-refractivity contribution in [2.24, 2.45) is 5.73 Å². The van der Waals surface area contributed by atoms with Crippen molar-refractivity contribution in [3.05, 3.63) is 24.3 Å². The van der Waals surface area contributed by atoms with Crippen molar-refractivity contribution >= 4 is 10.0 Å². The van der Waals surface area contributed by atoms with Crippen LogP contribution in [0.2, 0.25) is 0 Å². The van der Waals surface area contributed by atoms with Crippen LogP contribution in [0.25, 0.3) is 0 Å². The number of hydrogen-bond acceptors (Lipinski definition) is 4. The van der Waals surface area contributed by atoms with Crippen molar-refractivity contribution in [3.8, 4) is 5.75 Å². The van der Waals surface area contributed by atoms with Crippen molar-refractivity contribution in [2.75, 3.05) is 26.2 Å². The van der Waals surface area contributed by atoms with Gasteiger partial charge in [-0.05, 0) is 30.7 Å². The molecule has 0 amide bonds. The normalized spacial score (nSPS) is 11.8. The average molecular weight is 300 g/mol. The van der Waals surface area contributed by atoms with Gasteiger partial charge >= 0.3 is 0 Å². The highest BCUT2D eigenvalue weighted by Gasteiger charge is 2.22. The number of nitrogens with zero attached hydrogens (tertiary/aromatic N) is 1. The Hall–Kier alpha value is -1.11. The first-order valence-corrected chi connectivity index (χ1v) is 8.43. The van der Waals surface area contributed by atoms with Crippen LogP contribution in [0.1, 0.15) is 26.7 Å². The molecule has 0 radical (unpaired) electrons. The molecule has 1 aromatic rings. The molecule has 0 fully saturated rings. The number of rotatable bonds is 9. The summed E-state index contributed by atoms with van der Waals surface area (Å²) in [6.07, 6.45) is 1.84. The second kappa shape index (κ2) is 8.24. The van der Waals surface area contributed by atoms with Crippen LogP contribution >= 0.6 is 0 Å². The third-order valence-corrected chi connectivity index (χ3v) is 4.95. The molecule has 0 unspecified atom stereocenters. The van der Waals surface area contributed by atoms with Crippen LogP contribution in [0.4, 0.5) is 0 Å². The third kappa shape index (κ3) is 4.47. The second-order valence-electron chi connectivity index (χ2n) is 4.46. The summed E-state index contributed by atoms with van der Waals surface area (Å²) in [6, 6.07) is 6.48. The lowest BCUT2D eigenvalue weighted by atomic mass is 10.3. The Balaban J connectivity index is 2.85. The van der Waals surface area contributed by atoms with Crippen LogP contribution < -0.4 is 10.5 Å². The largest absolute Gasteiger partial charge is 0.492 e. The minimum Gasteiger partial charge on any atom is -0.492 e. The van der Waals surface area contributed by atoms with Gasteiger partial charge in [-0.3, -0.25) is 0 Å². The van der Waals surface area contributed by atoms with Crippen LogP contribution in [-0.4, -0.2) is 39.0 Å². The number of ether oxygens (including phenoxy) is 1. The summed E-state index contributed by atoms with van der Waals surface area (Å²) in [6.45, 7) is 5.79. The molecule has 114 valence electrons. The summed E-state index contributed by atoms with van der Waals surface area (Å²) in [5.74, 6) is 0.631. The maximum absolute atomic E-state index is 12.5. The van der Waals surface area contributed by atoms with E-state index in [1.807, 2.05) is 13.8 Å². The van der Waals surface area contributed by atoms with Crippen LogP contribution in [0, 0.1) is 0 Å². The van der Waals surface area contributed by atoms with Gasteiger partial charge in [-0.1, -0.05) is 20.3 Å². The monoisotopic (exact) mass is 300 g/mol. The second-order valence-corrected chi connectivity index (χ2v) is 6.40. The van der Waals surface area contributed by atoms with Gasteiger partial charge in [-0.2, -0.15) is 4.31 Å². The van der Waals surface area contributed by atoms with Crippen molar-refractivity contribution in [2.45, 2.75) is 31.6 Å². The summed E-state index contributed by atoms with van der Waals surface area (Å²) in [5.41, 5.74) is 5.35. The molecule has 0 bridgehead atoms. The summed E-state index contributed by atoms with van der Waals surface area (Å²) < 4.78 is 31.8. The molecule has 1 aromatic carbocycles. The molecule has 0 heterocycles. The summed E-state index contributed by atoms with van der Waals surface area (Å²) in [4.78, 5) is 0.301. The van der Waals surface area contributed by atoms with Gasteiger partial charge < -0.3 is 10.5 Å². The first kappa shape index (κ1) is 16.9. The number of sulfonamides is 1. The predicted octanol–water partition coefficient (Wildman–Crippen LogP) is 1.83. The molecule has 0 spiro atoms. The lowest BCUT2D eigenvalue weighted by Crippen LogP contribution is -2.31. The van der Waals surface area contributed by atoms with E-state index in [4.69, 9.17) is 10.5 Å². The molecular weight excluding hydrogens is 276 g/mol.